The number of piperidine rings is 1. The summed E-state index contributed by atoms with van der Waals surface area (Å²) < 4.78 is 11.0. The molecule has 5 nitrogen and oxygen atoms in total. The lowest BCUT2D eigenvalue weighted by atomic mass is 9.92. The summed E-state index contributed by atoms with van der Waals surface area (Å²) in [6.07, 6.45) is 3.25. The quantitative estimate of drug-likeness (QED) is 0.804. The Morgan fingerprint density at radius 3 is 2.15 bits per heavy atom. The minimum absolute atomic E-state index is 0. The molecule has 2 N–H and O–H groups in total. The SMILES string of the molecule is COc1ccc(Oc2ccc(NC(=O)C3CC34CCNCC4)cc2)cc1.Cl. The standard InChI is InChI=1S/C21H24N2O3.ClH/c1-25-16-6-8-18(9-7-16)26-17-4-2-15(3-5-17)23-20(24)19-14-21(19)10-12-22-13-11-21;/h2-9,19,22H,10-14H2,1H3,(H,23,24);1H. The zero-order valence-corrected chi connectivity index (χ0v) is 16.2. The fourth-order valence-corrected chi connectivity index (χ4v) is 3.81. The van der Waals surface area contributed by atoms with Gasteiger partial charge in [0, 0.05) is 11.6 Å². The predicted octanol–water partition coefficient (Wildman–Crippen LogP) is 4.24. The summed E-state index contributed by atoms with van der Waals surface area (Å²) in [5, 5.41) is 6.42. The van der Waals surface area contributed by atoms with Crippen LogP contribution in [0.15, 0.2) is 48.5 Å². The second-order valence-corrected chi connectivity index (χ2v) is 7.16. The first kappa shape index (κ1) is 19.5. The summed E-state index contributed by atoms with van der Waals surface area (Å²) in [5.74, 6) is 2.58. The Hall–Kier alpha value is -2.24. The molecule has 1 aliphatic heterocycles. The molecule has 1 amide bonds. The number of carbonyl (C=O) groups excluding carboxylic acids is 1. The average molecular weight is 389 g/mol. The largest absolute Gasteiger partial charge is 0.497 e. The summed E-state index contributed by atoms with van der Waals surface area (Å²) in [5.41, 5.74) is 1.07. The third-order valence-corrected chi connectivity index (χ3v) is 5.52. The molecule has 0 aromatic heterocycles. The number of carbonyl (C=O) groups is 1. The summed E-state index contributed by atoms with van der Waals surface area (Å²) in [6.45, 7) is 2.06. The van der Waals surface area contributed by atoms with Crippen molar-refractivity contribution >= 4 is 24.0 Å². The predicted molar refractivity (Wildman–Crippen MR) is 108 cm³/mol. The summed E-state index contributed by atoms with van der Waals surface area (Å²) in [7, 11) is 1.64. The van der Waals surface area contributed by atoms with E-state index in [1.165, 1.54) is 0 Å². The molecule has 1 saturated heterocycles. The van der Waals surface area contributed by atoms with Gasteiger partial charge < -0.3 is 20.1 Å². The summed E-state index contributed by atoms with van der Waals surface area (Å²) in [6, 6.07) is 14.9. The Labute approximate surface area is 165 Å². The van der Waals surface area contributed by atoms with Crippen LogP contribution in [0, 0.1) is 11.3 Å². The van der Waals surface area contributed by atoms with Gasteiger partial charge in [-0.05, 0) is 86.3 Å². The fraction of sp³-hybridized carbons (Fsp3) is 0.381. The molecular weight excluding hydrogens is 364 g/mol. The maximum absolute atomic E-state index is 12.5. The highest BCUT2D eigenvalue weighted by atomic mass is 35.5. The molecule has 1 unspecified atom stereocenters. The molecule has 2 aliphatic rings. The van der Waals surface area contributed by atoms with Crippen LogP contribution in [0.4, 0.5) is 5.69 Å². The van der Waals surface area contributed by atoms with Gasteiger partial charge in [0.25, 0.3) is 0 Å². The minimum atomic E-state index is 0. The first-order valence-corrected chi connectivity index (χ1v) is 9.12. The molecule has 144 valence electrons. The lowest BCUT2D eigenvalue weighted by Crippen LogP contribution is -2.31. The number of benzene rings is 2. The Morgan fingerprint density at radius 1 is 1.00 bits per heavy atom. The topological polar surface area (TPSA) is 59.6 Å². The molecular formula is C21H25ClN2O3. The number of hydrogen-bond donors (Lipinski definition) is 2. The van der Waals surface area contributed by atoms with E-state index in [0.29, 0.717) is 0 Å². The lowest BCUT2D eigenvalue weighted by molar-refractivity contribution is -0.118. The second kappa shape index (κ2) is 8.19. The van der Waals surface area contributed by atoms with E-state index in [1.807, 2.05) is 48.5 Å². The lowest BCUT2D eigenvalue weighted by Gasteiger charge is -2.23. The number of amides is 1. The zero-order valence-electron chi connectivity index (χ0n) is 15.4. The van der Waals surface area contributed by atoms with Gasteiger partial charge >= 0.3 is 0 Å². The molecule has 1 spiro atoms. The Balaban J connectivity index is 0.00000210. The van der Waals surface area contributed by atoms with Gasteiger partial charge in [0.2, 0.25) is 5.91 Å². The van der Waals surface area contributed by atoms with Crippen molar-refractivity contribution in [1.82, 2.24) is 5.32 Å². The fourth-order valence-electron chi connectivity index (χ4n) is 3.81. The highest BCUT2D eigenvalue weighted by molar-refractivity contribution is 5.95. The highest BCUT2D eigenvalue weighted by Gasteiger charge is 2.57. The Morgan fingerprint density at radius 2 is 1.56 bits per heavy atom. The Kier molecular flexibility index (Phi) is 5.92. The molecule has 1 heterocycles. The van der Waals surface area contributed by atoms with E-state index in [1.54, 1.807) is 7.11 Å². The van der Waals surface area contributed by atoms with Crippen LogP contribution < -0.4 is 20.1 Å². The van der Waals surface area contributed by atoms with Crippen molar-refractivity contribution in [3.05, 3.63) is 48.5 Å². The van der Waals surface area contributed by atoms with Crippen molar-refractivity contribution in [3.63, 3.8) is 0 Å². The van der Waals surface area contributed by atoms with Crippen LogP contribution >= 0.6 is 12.4 Å². The van der Waals surface area contributed by atoms with Crippen molar-refractivity contribution in [1.29, 1.82) is 0 Å². The van der Waals surface area contributed by atoms with Crippen LogP contribution in [0.25, 0.3) is 0 Å². The van der Waals surface area contributed by atoms with Gasteiger partial charge in [-0.3, -0.25) is 4.79 Å². The van der Waals surface area contributed by atoms with Crippen molar-refractivity contribution in [2.24, 2.45) is 11.3 Å². The molecule has 0 radical (unpaired) electrons. The monoisotopic (exact) mass is 388 g/mol. The van der Waals surface area contributed by atoms with Crippen molar-refractivity contribution in [3.8, 4) is 17.2 Å². The van der Waals surface area contributed by atoms with Crippen LogP contribution in [0.3, 0.4) is 0 Å². The van der Waals surface area contributed by atoms with Gasteiger partial charge in [0.15, 0.2) is 0 Å². The second-order valence-electron chi connectivity index (χ2n) is 7.16. The third kappa shape index (κ3) is 4.37. The average Bonchev–Trinajstić information content (AvgIpc) is 3.37. The number of rotatable bonds is 5. The van der Waals surface area contributed by atoms with Crippen molar-refractivity contribution < 1.29 is 14.3 Å². The van der Waals surface area contributed by atoms with Crippen molar-refractivity contribution in [2.75, 3.05) is 25.5 Å². The summed E-state index contributed by atoms with van der Waals surface area (Å²) in [4.78, 5) is 12.5. The molecule has 4 rings (SSSR count). The highest BCUT2D eigenvalue weighted by Crippen LogP contribution is 2.58. The van der Waals surface area contributed by atoms with E-state index in [2.05, 4.69) is 10.6 Å². The number of ether oxygens (including phenoxy) is 2. The van der Waals surface area contributed by atoms with E-state index in [4.69, 9.17) is 9.47 Å². The van der Waals surface area contributed by atoms with Crippen LogP contribution in [0.2, 0.25) is 0 Å². The molecule has 27 heavy (non-hydrogen) atoms. The van der Waals surface area contributed by atoms with Gasteiger partial charge in [-0.15, -0.1) is 12.4 Å². The van der Waals surface area contributed by atoms with Crippen LogP contribution in [-0.2, 0) is 4.79 Å². The first-order chi connectivity index (χ1) is 12.7. The summed E-state index contributed by atoms with van der Waals surface area (Å²) >= 11 is 0. The number of anilines is 1. The van der Waals surface area contributed by atoms with Crippen molar-refractivity contribution in [2.45, 2.75) is 19.3 Å². The van der Waals surface area contributed by atoms with Gasteiger partial charge in [-0.25, -0.2) is 0 Å². The molecule has 2 aromatic rings. The first-order valence-electron chi connectivity index (χ1n) is 9.12. The van der Waals surface area contributed by atoms with Gasteiger partial charge in [-0.1, -0.05) is 0 Å². The van der Waals surface area contributed by atoms with E-state index < -0.39 is 0 Å². The van der Waals surface area contributed by atoms with Crippen LogP contribution in [-0.4, -0.2) is 26.1 Å². The van der Waals surface area contributed by atoms with Crippen LogP contribution in [0.1, 0.15) is 19.3 Å². The van der Waals surface area contributed by atoms with E-state index in [-0.39, 0.29) is 29.6 Å². The maximum atomic E-state index is 12.5. The molecule has 1 aliphatic carbocycles. The molecule has 2 fully saturated rings. The van der Waals surface area contributed by atoms with Gasteiger partial charge in [0.05, 0.1) is 7.11 Å². The van der Waals surface area contributed by atoms with E-state index >= 15 is 0 Å². The molecule has 2 aromatic carbocycles. The number of hydrogen-bond acceptors (Lipinski definition) is 4. The van der Waals surface area contributed by atoms with E-state index in [0.717, 1.165) is 55.3 Å². The number of nitrogens with one attached hydrogen (secondary N) is 2. The molecule has 6 heteroatoms. The molecule has 0 bridgehead atoms. The van der Waals surface area contributed by atoms with Gasteiger partial charge in [0.1, 0.15) is 17.2 Å². The zero-order chi connectivity index (χ0) is 18.0. The minimum Gasteiger partial charge on any atom is -0.497 e. The number of methoxy groups -OCH3 is 1. The molecule has 1 atom stereocenters. The third-order valence-electron chi connectivity index (χ3n) is 5.52. The van der Waals surface area contributed by atoms with Gasteiger partial charge in [-0.2, -0.15) is 0 Å². The number of halogens is 1. The molecule has 1 saturated carbocycles. The smallest absolute Gasteiger partial charge is 0.228 e. The maximum Gasteiger partial charge on any atom is 0.228 e. The normalized spacial score (nSPS) is 19.7. The van der Waals surface area contributed by atoms with Crippen LogP contribution in [0.5, 0.6) is 17.2 Å². The van der Waals surface area contributed by atoms with E-state index in [9.17, 15) is 4.79 Å². The Bertz CT molecular complexity index is 771.